The van der Waals surface area contributed by atoms with Gasteiger partial charge in [0.2, 0.25) is 0 Å². The van der Waals surface area contributed by atoms with Crippen molar-refractivity contribution >= 4 is 31.7 Å². The van der Waals surface area contributed by atoms with Crippen LogP contribution in [0.25, 0.3) is 0 Å². The predicted molar refractivity (Wildman–Crippen MR) is 92.3 cm³/mol. The molecule has 4 heteroatoms. The van der Waals surface area contributed by atoms with E-state index in [9.17, 15) is 0 Å². The summed E-state index contributed by atoms with van der Waals surface area (Å²) in [5.74, 6) is 0. The zero-order valence-corrected chi connectivity index (χ0v) is 18.2. The molecule has 0 bridgehead atoms. The Balaban J connectivity index is 0.00000162. The van der Waals surface area contributed by atoms with E-state index in [2.05, 4.69) is 55.1 Å². The first-order valence-electron chi connectivity index (χ1n) is 6.53. The Morgan fingerprint density at radius 2 is 1.63 bits per heavy atom. The Hall–Kier alpha value is 0.640. The van der Waals surface area contributed by atoms with Gasteiger partial charge in [0, 0.05) is 0 Å². The van der Waals surface area contributed by atoms with Crippen LogP contribution in [0.2, 0.25) is 9.26 Å². The second-order valence-corrected chi connectivity index (χ2v) is 35.5. The molecule has 0 amide bonds. The van der Waals surface area contributed by atoms with Crippen LogP contribution in [0.4, 0.5) is 0 Å². The van der Waals surface area contributed by atoms with E-state index in [0.717, 1.165) is 0 Å². The molecule has 0 saturated heterocycles. The quantitative estimate of drug-likeness (QED) is 0.575. The van der Waals surface area contributed by atoms with Crippen LogP contribution in [0.1, 0.15) is 33.6 Å². The molecule has 0 aromatic heterocycles. The van der Waals surface area contributed by atoms with Crippen molar-refractivity contribution in [1.29, 1.82) is 0 Å². The molecule has 0 nitrogen and oxygen atoms in total. The van der Waals surface area contributed by atoms with Gasteiger partial charge >= 0.3 is 109 Å². The first-order chi connectivity index (χ1) is 7.72. The maximum absolute atomic E-state index is 2.78. The largest absolute Gasteiger partial charge is 0.147 e. The third kappa shape index (κ3) is 3.28. The van der Waals surface area contributed by atoms with Gasteiger partial charge < -0.3 is 0 Å². The summed E-state index contributed by atoms with van der Waals surface area (Å²) >= 11 is -2.78. The molecule has 0 atom stereocenters. The molecule has 0 N–H and O–H groups in total. The molecule has 19 heavy (non-hydrogen) atoms. The first kappa shape index (κ1) is 19.6. The van der Waals surface area contributed by atoms with Crippen molar-refractivity contribution in [2.75, 3.05) is 0 Å². The number of halogens is 2. The summed E-state index contributed by atoms with van der Waals surface area (Å²) in [6, 6.07) is 0. The van der Waals surface area contributed by atoms with Gasteiger partial charge in [0.15, 0.2) is 0 Å². The van der Waals surface area contributed by atoms with Gasteiger partial charge in [-0.3, -0.25) is 0 Å². The molecule has 2 aliphatic rings. The van der Waals surface area contributed by atoms with Crippen molar-refractivity contribution in [3.63, 3.8) is 0 Å². The van der Waals surface area contributed by atoms with Crippen molar-refractivity contribution in [3.8, 4) is 0 Å². The van der Waals surface area contributed by atoms with Crippen molar-refractivity contribution in [3.05, 3.63) is 41.5 Å². The molecule has 0 aromatic carbocycles. The normalized spacial score (nSPS) is 19.4. The molecular weight excluding hydrogens is 370 g/mol. The Morgan fingerprint density at radius 1 is 1.05 bits per heavy atom. The van der Waals surface area contributed by atoms with Crippen molar-refractivity contribution in [2.45, 2.75) is 42.9 Å². The second-order valence-electron chi connectivity index (χ2n) is 6.70. The van der Waals surface area contributed by atoms with Crippen LogP contribution in [-0.4, -0.2) is 6.88 Å². The molecule has 0 heterocycles. The smallest absolute Gasteiger partial charge is 0.147 e. The van der Waals surface area contributed by atoms with Crippen LogP contribution in [0, 0.1) is 0 Å². The number of hydrogen-bond acceptors (Lipinski definition) is 0. The zero-order valence-electron chi connectivity index (χ0n) is 12.7. The Bertz CT molecular complexity index is 571. The van der Waals surface area contributed by atoms with Gasteiger partial charge in [-0.05, 0) is 0 Å². The van der Waals surface area contributed by atoms with Gasteiger partial charge in [-0.1, -0.05) is 0 Å². The van der Waals surface area contributed by atoms with Gasteiger partial charge in [-0.2, -0.15) is 0 Å². The molecule has 0 unspecified atom stereocenters. The first-order valence-corrected chi connectivity index (χ1v) is 19.8. The predicted octanol–water partition coefficient (Wildman–Crippen LogP) is 5.02. The zero-order chi connectivity index (χ0) is 12.9. The van der Waals surface area contributed by atoms with E-state index in [1.165, 1.54) is 12.8 Å². The van der Waals surface area contributed by atoms with E-state index in [1.807, 2.05) is 3.28 Å². The Morgan fingerprint density at radius 3 is 2.00 bits per heavy atom. The van der Waals surface area contributed by atoms with E-state index in [4.69, 9.17) is 0 Å². The van der Waals surface area contributed by atoms with E-state index in [0.29, 0.717) is 0 Å². The van der Waals surface area contributed by atoms with Crippen LogP contribution < -0.4 is 0 Å². The number of allylic oxidation sites excluding steroid dienone is 8. The summed E-state index contributed by atoms with van der Waals surface area (Å²) in [6.45, 7) is 9.31. The second kappa shape index (κ2) is 6.18. The molecule has 2 rings (SSSR count). The van der Waals surface area contributed by atoms with Crippen molar-refractivity contribution in [1.82, 2.24) is 0 Å². The Kier molecular flexibility index (Phi) is 6.39. The standard InChI is InChI=1S/C8H11.C5H5.2CH3.2ClH.H2Si.Zr/c1-6-4-5-7(2)8(6)3;1-2-4-5-3-1;;;;;;/h4H2,1-3H3;1-3H,4H2;2*1H3;2*1H;1H2;. The van der Waals surface area contributed by atoms with E-state index in [-0.39, 0.29) is 24.8 Å². The van der Waals surface area contributed by atoms with Crippen molar-refractivity contribution in [2.24, 2.45) is 0 Å². The van der Waals surface area contributed by atoms with Crippen LogP contribution >= 0.6 is 24.8 Å². The van der Waals surface area contributed by atoms with E-state index >= 15 is 0 Å². The number of rotatable bonds is 2. The third-order valence-corrected chi connectivity index (χ3v) is 22.2. The molecule has 0 fully saturated rings. The SMILES string of the molecule is CC1=C(C)C(C)=[C]([Zr]([CH3])([CH3])(=[SiH2])[C]2=CC=CC2)C1.Cl.Cl. The molecule has 2 aliphatic carbocycles. The van der Waals surface area contributed by atoms with E-state index in [1.54, 1.807) is 20.0 Å². The molecular formula is C15H26Cl2SiZr. The fraction of sp³-hybridized carbons (Fsp3) is 0.467. The fourth-order valence-corrected chi connectivity index (χ4v) is 16.9. The van der Waals surface area contributed by atoms with Gasteiger partial charge in [0.25, 0.3) is 0 Å². The van der Waals surface area contributed by atoms with Crippen LogP contribution in [0.3, 0.4) is 0 Å². The molecule has 0 spiro atoms. The summed E-state index contributed by atoms with van der Waals surface area (Å²) in [4.78, 5) is 0. The van der Waals surface area contributed by atoms with Gasteiger partial charge in [-0.15, -0.1) is 24.8 Å². The van der Waals surface area contributed by atoms with Crippen LogP contribution in [0.5, 0.6) is 0 Å². The van der Waals surface area contributed by atoms with Crippen LogP contribution in [0.15, 0.2) is 41.5 Å². The minimum Gasteiger partial charge on any atom is -0.147 e. The average Bonchev–Trinajstić information content (AvgIpc) is 2.83. The maximum Gasteiger partial charge on any atom is -0.147 e. The van der Waals surface area contributed by atoms with Gasteiger partial charge in [0.1, 0.15) is 0 Å². The third-order valence-electron chi connectivity index (χ3n) is 4.87. The monoisotopic (exact) mass is 394 g/mol. The fourth-order valence-electron chi connectivity index (χ4n) is 3.20. The van der Waals surface area contributed by atoms with Crippen molar-refractivity contribution < 1.29 is 17.4 Å². The minimum atomic E-state index is -2.78. The molecule has 0 aromatic rings. The molecule has 0 aliphatic heterocycles. The summed E-state index contributed by atoms with van der Waals surface area (Å²) in [5, 5.41) is 0. The van der Waals surface area contributed by atoms with Gasteiger partial charge in [-0.25, -0.2) is 0 Å². The molecule has 0 radical (unpaired) electrons. The summed E-state index contributed by atoms with van der Waals surface area (Å²) in [7, 11) is 0. The van der Waals surface area contributed by atoms with E-state index < -0.39 is 17.4 Å². The minimum absolute atomic E-state index is 0. The topological polar surface area (TPSA) is 0 Å². The van der Waals surface area contributed by atoms with Crippen LogP contribution in [-0.2, 0) is 17.4 Å². The summed E-state index contributed by atoms with van der Waals surface area (Å²) < 4.78 is 8.82. The maximum atomic E-state index is 2.61. The number of hydrogen-bond donors (Lipinski definition) is 0. The van der Waals surface area contributed by atoms with Gasteiger partial charge in [0.05, 0.1) is 0 Å². The summed E-state index contributed by atoms with van der Waals surface area (Å²) in [6.07, 6.45) is 9.43. The summed E-state index contributed by atoms with van der Waals surface area (Å²) in [5.41, 5.74) is 4.77. The Labute approximate surface area is 132 Å². The molecule has 108 valence electrons. The average molecular weight is 397 g/mol. The molecule has 0 saturated carbocycles.